The fraction of sp³-hybridized carbons (Fsp3) is 0.524. The second-order valence-electron chi connectivity index (χ2n) is 5.69. The highest BCUT2D eigenvalue weighted by Gasteiger charge is 1.91. The Hall–Kier alpha value is -1.70. The zero-order valence-corrected chi connectivity index (χ0v) is 14.6. The Balaban J connectivity index is 0.000000433. The highest BCUT2D eigenvalue weighted by molar-refractivity contribution is 5.73. The average Bonchev–Trinajstić information content (AvgIpc) is 2.60. The minimum Gasteiger partial charge on any atom is -0.303 e. The summed E-state index contributed by atoms with van der Waals surface area (Å²) in [6.07, 6.45) is 17.8. The number of unbranched alkanes of at least 4 members (excludes halogenated alkanes) is 9. The van der Waals surface area contributed by atoms with Crippen molar-refractivity contribution in [3.63, 3.8) is 0 Å². The van der Waals surface area contributed by atoms with Crippen molar-refractivity contribution < 1.29 is 9.59 Å². The first kappa shape index (κ1) is 21.3. The summed E-state index contributed by atoms with van der Waals surface area (Å²) in [6, 6.07) is 9.70. The van der Waals surface area contributed by atoms with Gasteiger partial charge >= 0.3 is 0 Å². The molecule has 0 saturated carbocycles. The first-order chi connectivity index (χ1) is 11.3. The highest BCUT2D eigenvalue weighted by atomic mass is 16.1. The van der Waals surface area contributed by atoms with E-state index >= 15 is 0 Å². The van der Waals surface area contributed by atoms with Crippen molar-refractivity contribution in [2.45, 2.75) is 71.1 Å². The smallest absolute Gasteiger partial charge is 0.142 e. The van der Waals surface area contributed by atoms with E-state index in [0.717, 1.165) is 31.0 Å². The molecule has 0 aliphatic heterocycles. The van der Waals surface area contributed by atoms with Crippen molar-refractivity contribution >= 4 is 18.6 Å². The van der Waals surface area contributed by atoms with E-state index < -0.39 is 0 Å². The van der Waals surface area contributed by atoms with E-state index in [-0.39, 0.29) is 0 Å². The summed E-state index contributed by atoms with van der Waals surface area (Å²) in [5.74, 6) is 0. The molecule has 128 valence electrons. The van der Waals surface area contributed by atoms with Crippen LogP contribution in [0.25, 0.3) is 6.08 Å². The van der Waals surface area contributed by atoms with Gasteiger partial charge in [-0.05, 0) is 18.1 Å². The number of allylic oxidation sites excluding steroid dienone is 1. The molecule has 0 heterocycles. The molecule has 0 unspecified atom stereocenters. The molecular weight excluding hydrogens is 284 g/mol. The van der Waals surface area contributed by atoms with Gasteiger partial charge in [0.25, 0.3) is 0 Å². The molecule has 1 aromatic rings. The van der Waals surface area contributed by atoms with Crippen LogP contribution in [-0.2, 0) is 9.59 Å². The van der Waals surface area contributed by atoms with Crippen LogP contribution < -0.4 is 0 Å². The second-order valence-corrected chi connectivity index (χ2v) is 5.69. The molecule has 0 fully saturated rings. The topological polar surface area (TPSA) is 34.1 Å². The standard InChI is InChI=1S/C12H24O.C9H8O/c1-2-3-4-5-6-7-8-9-10-11-12-13;10-8-4-7-9-5-2-1-3-6-9/h12H,2-11H2,1H3;1-8H. The molecule has 2 nitrogen and oxygen atoms in total. The van der Waals surface area contributed by atoms with E-state index in [9.17, 15) is 9.59 Å². The van der Waals surface area contributed by atoms with Gasteiger partial charge in [-0.2, -0.15) is 0 Å². The molecule has 0 spiro atoms. The van der Waals surface area contributed by atoms with Gasteiger partial charge in [0, 0.05) is 6.42 Å². The quantitative estimate of drug-likeness (QED) is 0.269. The molecular formula is C21H32O2. The molecule has 0 bridgehead atoms. The fourth-order valence-corrected chi connectivity index (χ4v) is 2.25. The summed E-state index contributed by atoms with van der Waals surface area (Å²) >= 11 is 0. The lowest BCUT2D eigenvalue weighted by Gasteiger charge is -1.99. The maximum Gasteiger partial charge on any atom is 0.142 e. The van der Waals surface area contributed by atoms with Gasteiger partial charge in [0.2, 0.25) is 0 Å². The normalized spacial score (nSPS) is 10.1. The van der Waals surface area contributed by atoms with Crippen LogP contribution in [0.4, 0.5) is 0 Å². The Morgan fingerprint density at radius 1 is 0.783 bits per heavy atom. The van der Waals surface area contributed by atoms with Crippen LogP contribution in [0.3, 0.4) is 0 Å². The van der Waals surface area contributed by atoms with Crippen molar-refractivity contribution in [1.29, 1.82) is 0 Å². The minimum absolute atomic E-state index is 0.760. The average molecular weight is 316 g/mol. The van der Waals surface area contributed by atoms with E-state index in [1.54, 1.807) is 6.08 Å². The van der Waals surface area contributed by atoms with Crippen LogP contribution in [0.2, 0.25) is 0 Å². The summed E-state index contributed by atoms with van der Waals surface area (Å²) in [5.41, 5.74) is 1.05. The molecule has 0 amide bonds. The first-order valence-electron chi connectivity index (χ1n) is 8.95. The van der Waals surface area contributed by atoms with Gasteiger partial charge in [0.05, 0.1) is 0 Å². The first-order valence-corrected chi connectivity index (χ1v) is 8.95. The third kappa shape index (κ3) is 16.5. The number of aldehydes is 2. The summed E-state index contributed by atoms with van der Waals surface area (Å²) in [6.45, 7) is 2.25. The van der Waals surface area contributed by atoms with Crippen LogP contribution >= 0.6 is 0 Å². The molecule has 0 N–H and O–H groups in total. The maximum atomic E-state index is 10.0. The van der Waals surface area contributed by atoms with Gasteiger partial charge in [0.1, 0.15) is 12.6 Å². The van der Waals surface area contributed by atoms with Crippen molar-refractivity contribution in [2.24, 2.45) is 0 Å². The number of carbonyl (C=O) groups is 2. The van der Waals surface area contributed by atoms with Crippen molar-refractivity contribution in [2.75, 3.05) is 0 Å². The zero-order chi connectivity index (χ0) is 17.0. The van der Waals surface area contributed by atoms with Crippen molar-refractivity contribution in [1.82, 2.24) is 0 Å². The zero-order valence-electron chi connectivity index (χ0n) is 14.6. The van der Waals surface area contributed by atoms with E-state index in [1.165, 1.54) is 57.4 Å². The molecule has 23 heavy (non-hydrogen) atoms. The van der Waals surface area contributed by atoms with Crippen molar-refractivity contribution in [3.8, 4) is 0 Å². The molecule has 0 saturated heterocycles. The molecule has 0 aliphatic rings. The largest absolute Gasteiger partial charge is 0.303 e. The molecule has 0 aromatic heterocycles. The molecule has 1 rings (SSSR count). The number of rotatable bonds is 12. The Kier molecular flexibility index (Phi) is 17.0. The summed E-state index contributed by atoms with van der Waals surface area (Å²) in [7, 11) is 0. The van der Waals surface area contributed by atoms with Gasteiger partial charge in [-0.15, -0.1) is 0 Å². The summed E-state index contributed by atoms with van der Waals surface area (Å²) in [4.78, 5) is 19.9. The maximum absolute atomic E-state index is 10.0. The fourth-order valence-electron chi connectivity index (χ4n) is 2.25. The van der Waals surface area contributed by atoms with E-state index in [4.69, 9.17) is 0 Å². The predicted octanol–water partition coefficient (Wildman–Crippen LogP) is 6.00. The van der Waals surface area contributed by atoms with Crippen molar-refractivity contribution in [3.05, 3.63) is 42.0 Å². The number of benzene rings is 1. The Bertz CT molecular complexity index is 396. The molecule has 0 radical (unpaired) electrons. The summed E-state index contributed by atoms with van der Waals surface area (Å²) in [5, 5.41) is 0. The van der Waals surface area contributed by atoms with E-state index in [0.29, 0.717) is 0 Å². The van der Waals surface area contributed by atoms with Gasteiger partial charge in [0.15, 0.2) is 0 Å². The third-order valence-corrected chi connectivity index (χ3v) is 3.59. The highest BCUT2D eigenvalue weighted by Crippen LogP contribution is 2.09. The minimum atomic E-state index is 0.760. The van der Waals surface area contributed by atoms with Gasteiger partial charge < -0.3 is 4.79 Å². The van der Waals surface area contributed by atoms with Gasteiger partial charge in [-0.1, -0.05) is 94.7 Å². The molecule has 1 aromatic carbocycles. The number of hydrogen-bond acceptors (Lipinski definition) is 2. The lowest BCUT2D eigenvalue weighted by atomic mass is 10.1. The lowest BCUT2D eigenvalue weighted by molar-refractivity contribution is -0.108. The third-order valence-electron chi connectivity index (χ3n) is 3.59. The lowest BCUT2D eigenvalue weighted by Crippen LogP contribution is -1.81. The van der Waals surface area contributed by atoms with Crippen LogP contribution in [0.15, 0.2) is 36.4 Å². The molecule has 0 atom stereocenters. The SMILES string of the molecule is CCCCCCCCCCCC=O.O=CC=Cc1ccccc1. The van der Waals surface area contributed by atoms with E-state index in [1.807, 2.05) is 30.3 Å². The Labute approximate surface area is 142 Å². The van der Waals surface area contributed by atoms with Crippen LogP contribution in [0.1, 0.15) is 76.7 Å². The summed E-state index contributed by atoms with van der Waals surface area (Å²) < 4.78 is 0. The van der Waals surface area contributed by atoms with E-state index in [2.05, 4.69) is 6.92 Å². The molecule has 2 heteroatoms. The van der Waals surface area contributed by atoms with Crippen LogP contribution in [0.5, 0.6) is 0 Å². The van der Waals surface area contributed by atoms with Crippen LogP contribution in [-0.4, -0.2) is 12.6 Å². The Morgan fingerprint density at radius 2 is 1.35 bits per heavy atom. The molecule has 0 aliphatic carbocycles. The monoisotopic (exact) mass is 316 g/mol. The number of hydrogen-bond donors (Lipinski definition) is 0. The number of carbonyl (C=O) groups excluding carboxylic acids is 2. The second kappa shape index (κ2) is 18.3. The Morgan fingerprint density at radius 3 is 1.87 bits per heavy atom. The van der Waals surface area contributed by atoms with Crippen LogP contribution in [0, 0.1) is 0 Å². The van der Waals surface area contributed by atoms with Gasteiger partial charge in [-0.3, -0.25) is 4.79 Å². The predicted molar refractivity (Wildman–Crippen MR) is 99.4 cm³/mol. The van der Waals surface area contributed by atoms with Gasteiger partial charge in [-0.25, -0.2) is 0 Å².